The summed E-state index contributed by atoms with van der Waals surface area (Å²) >= 11 is 13.7. The number of halogens is 5. The molecule has 0 saturated carbocycles. The fraction of sp³-hybridized carbons (Fsp3) is 0.379. The van der Waals surface area contributed by atoms with Crippen molar-refractivity contribution in [1.29, 1.82) is 0 Å². The number of methoxy groups -OCH3 is 1. The van der Waals surface area contributed by atoms with Crippen LogP contribution in [0.25, 0.3) is 0 Å². The van der Waals surface area contributed by atoms with Crippen LogP contribution in [0, 0.1) is 5.92 Å². The van der Waals surface area contributed by atoms with Crippen molar-refractivity contribution < 1.29 is 46.0 Å². The molecule has 1 rings (SSSR count). The number of aliphatic carboxylic acids is 1. The molecular formula is C29H35Cl2F3N2O3Os. The molecule has 0 aliphatic carbocycles. The number of hydrogen-bond donors (Lipinski definition) is 2. The van der Waals surface area contributed by atoms with Gasteiger partial charge in [0.15, 0.2) is 0 Å². The van der Waals surface area contributed by atoms with E-state index in [-0.39, 0.29) is 18.9 Å². The summed E-state index contributed by atoms with van der Waals surface area (Å²) in [6, 6.07) is 5.23. The van der Waals surface area contributed by atoms with Crippen LogP contribution in [-0.4, -0.2) is 46.7 Å². The molecule has 0 fully saturated rings. The van der Waals surface area contributed by atoms with Gasteiger partial charge in [-0.2, -0.15) is 0 Å². The Morgan fingerprint density at radius 1 is 1.23 bits per heavy atom. The van der Waals surface area contributed by atoms with Crippen LogP contribution < -0.4 is 5.32 Å². The Bertz CT molecular complexity index is 1170. The van der Waals surface area contributed by atoms with Gasteiger partial charge in [0.25, 0.3) is 0 Å². The number of carboxylic acid groups (broad SMARTS) is 1. The zero-order valence-electron chi connectivity index (χ0n) is 23.1. The maximum atomic E-state index is 13.8. The van der Waals surface area contributed by atoms with Gasteiger partial charge in [0, 0.05) is 0 Å². The van der Waals surface area contributed by atoms with Crippen LogP contribution in [0.15, 0.2) is 77.1 Å². The van der Waals surface area contributed by atoms with Crippen molar-refractivity contribution in [3.05, 3.63) is 92.7 Å². The quantitative estimate of drug-likeness (QED) is 0.142. The molecule has 1 aromatic carbocycles. The van der Waals surface area contributed by atoms with Crippen LogP contribution in [0.3, 0.4) is 0 Å². The first-order chi connectivity index (χ1) is 18.7. The van der Waals surface area contributed by atoms with E-state index in [1.54, 1.807) is 69.3 Å². The molecule has 0 saturated heterocycles. The van der Waals surface area contributed by atoms with E-state index >= 15 is 0 Å². The zero-order valence-corrected chi connectivity index (χ0v) is 27.1. The van der Waals surface area contributed by atoms with E-state index in [0.29, 0.717) is 40.0 Å². The van der Waals surface area contributed by atoms with E-state index < -0.39 is 17.7 Å². The van der Waals surface area contributed by atoms with Crippen molar-refractivity contribution in [2.45, 2.75) is 46.8 Å². The Balaban J connectivity index is 3.11. The van der Waals surface area contributed by atoms with Gasteiger partial charge >= 0.3 is 218 Å². The Labute approximate surface area is 254 Å². The summed E-state index contributed by atoms with van der Waals surface area (Å²) in [5, 5.41) is 13.4. The maximum absolute atomic E-state index is 13.8. The Morgan fingerprint density at radius 2 is 1.85 bits per heavy atom. The first kappa shape index (κ1) is 36.0. The van der Waals surface area contributed by atoms with E-state index in [0.717, 1.165) is 22.0 Å². The van der Waals surface area contributed by atoms with Gasteiger partial charge in [-0.15, -0.1) is 0 Å². The summed E-state index contributed by atoms with van der Waals surface area (Å²) < 4.78 is 47.7. The van der Waals surface area contributed by atoms with Crippen molar-refractivity contribution >= 4 is 33.5 Å². The second-order valence-corrected chi connectivity index (χ2v) is 10.9. The minimum atomic E-state index is -4.57. The number of hydrogen-bond acceptors (Lipinski definition) is 4. The molecule has 2 N–H and O–H groups in total. The molecule has 0 aromatic heterocycles. The standard InChI is InChI=1S/C29H35Cl2F3N2O3.Os/c1-6-27(39-5)26(13-20(3)14-28(37)38)21(4)10-11-23(29(32,33)34)9-8-12-36(7-2)19-35-18-22-15-24(30)17-25(31)16-22;/h6,8-11,13,15-17,20,35H,7,12,14,18H2,1-5H3,(H,37,38);/b9-8+,21-10+,23-11+,26-13-,27-6+;. The van der Waals surface area contributed by atoms with E-state index in [1.807, 2.05) is 11.8 Å². The third-order valence-corrected chi connectivity index (χ3v) is 7.28. The molecule has 0 amide bonds. The third-order valence-electron chi connectivity index (χ3n) is 5.59. The summed E-state index contributed by atoms with van der Waals surface area (Å²) in [7, 11) is 1.45. The first-order valence-corrected chi connectivity index (χ1v) is 14.5. The first-order valence-electron chi connectivity index (χ1n) is 12.4. The summed E-state index contributed by atoms with van der Waals surface area (Å²) in [6.07, 6.45) is 3.59. The monoisotopic (exact) mass is 778 g/mol. The second-order valence-electron chi connectivity index (χ2n) is 8.83. The van der Waals surface area contributed by atoms with E-state index in [1.165, 1.54) is 19.3 Å². The van der Waals surface area contributed by atoms with Gasteiger partial charge in [-0.25, -0.2) is 0 Å². The summed E-state index contributed by atoms with van der Waals surface area (Å²) in [5.74, 6) is -0.871. The molecule has 11 heteroatoms. The van der Waals surface area contributed by atoms with Gasteiger partial charge in [-0.3, -0.25) is 4.79 Å². The van der Waals surface area contributed by atoms with Crippen LogP contribution in [0.1, 0.15) is 39.7 Å². The number of ether oxygens (including phenoxy) is 1. The van der Waals surface area contributed by atoms with Crippen molar-refractivity contribution in [2.24, 2.45) is 5.92 Å². The van der Waals surface area contributed by atoms with E-state index in [2.05, 4.69) is 5.32 Å². The zero-order chi connectivity index (χ0) is 30.5. The Morgan fingerprint density at radius 3 is 2.35 bits per heavy atom. The van der Waals surface area contributed by atoms with Crippen LogP contribution >= 0.6 is 23.2 Å². The molecule has 40 heavy (non-hydrogen) atoms. The molecule has 1 aromatic rings. The number of alkyl halides is 3. The molecule has 0 aliphatic rings. The van der Waals surface area contributed by atoms with Gasteiger partial charge in [0.2, 0.25) is 0 Å². The number of likely N-dealkylation sites (N-methyl/N-ethyl adjacent to an activating group) is 1. The second kappa shape index (κ2) is 17.7. The molecule has 5 nitrogen and oxygen atoms in total. The molecule has 0 heterocycles. The molecule has 0 bridgehead atoms. The average Bonchev–Trinajstić information content (AvgIpc) is 2.85. The van der Waals surface area contributed by atoms with Crippen molar-refractivity contribution in [3.8, 4) is 0 Å². The predicted molar refractivity (Wildman–Crippen MR) is 153 cm³/mol. The molecular weight excluding hydrogens is 742 g/mol. The van der Waals surface area contributed by atoms with Crippen molar-refractivity contribution in [3.63, 3.8) is 0 Å². The fourth-order valence-electron chi connectivity index (χ4n) is 3.61. The van der Waals surface area contributed by atoms with Crippen LogP contribution in [0.5, 0.6) is 0 Å². The summed E-state index contributed by atoms with van der Waals surface area (Å²) in [5.41, 5.74) is 1.11. The normalized spacial score (nSPS) is 14.7. The summed E-state index contributed by atoms with van der Waals surface area (Å²) in [6.45, 7) is 8.35. The third kappa shape index (κ3) is 13.1. The van der Waals surface area contributed by atoms with Gasteiger partial charge in [-0.05, 0) is 6.92 Å². The van der Waals surface area contributed by atoms with Crippen LogP contribution in [0.4, 0.5) is 13.2 Å². The Kier molecular flexibility index (Phi) is 16.0. The Hall–Kier alpha value is -2.01. The molecule has 1 unspecified atom stereocenters. The fourth-order valence-corrected chi connectivity index (χ4v) is 5.04. The molecule has 0 spiro atoms. The minimum absolute atomic E-state index is 0.115. The van der Waals surface area contributed by atoms with Crippen molar-refractivity contribution in [2.75, 3.05) is 20.2 Å². The van der Waals surface area contributed by atoms with Gasteiger partial charge < -0.3 is 5.11 Å². The van der Waals surface area contributed by atoms with Gasteiger partial charge in [0.05, 0.1) is 13.5 Å². The van der Waals surface area contributed by atoms with Gasteiger partial charge in [0.1, 0.15) is 0 Å². The van der Waals surface area contributed by atoms with Crippen LogP contribution in [0.2, 0.25) is 10.0 Å². The molecule has 0 aliphatic heterocycles. The van der Waals surface area contributed by atoms with E-state index in [4.69, 9.17) is 33.0 Å². The molecule has 0 radical (unpaired) electrons. The SMILES string of the molecule is C\C=C(OC)/C(=C\C(C)CC(=O)O)C(/C)=C/C=C(\C=C\CN(CC)[C](=[Os])NCc1cc(Cl)cc(Cl)c1)C(F)(F)F. The number of rotatable bonds is 15. The van der Waals surface area contributed by atoms with Gasteiger partial charge in [-0.1, -0.05) is 6.92 Å². The number of carbonyl (C=O) groups is 1. The number of nitrogens with one attached hydrogen (secondary N) is 1. The van der Waals surface area contributed by atoms with Crippen molar-refractivity contribution in [1.82, 2.24) is 10.2 Å². The van der Waals surface area contributed by atoms with Crippen LogP contribution in [-0.2, 0) is 34.2 Å². The van der Waals surface area contributed by atoms with E-state index in [9.17, 15) is 18.0 Å². The topological polar surface area (TPSA) is 61.8 Å². The molecule has 1 atom stereocenters. The number of benzene rings is 1. The number of carboxylic acids is 1. The predicted octanol–water partition coefficient (Wildman–Crippen LogP) is 7.62. The number of nitrogens with zero attached hydrogens (tertiary/aromatic N) is 1. The average molecular weight is 778 g/mol. The summed E-state index contributed by atoms with van der Waals surface area (Å²) in [4.78, 5) is 13.0. The number of allylic oxidation sites excluding steroid dienone is 7. The molecule has 222 valence electrons.